The molecule has 1 amide bonds. The molecule has 0 spiro atoms. The van der Waals surface area contributed by atoms with Crippen LogP contribution in [0.25, 0.3) is 16.9 Å². The van der Waals surface area contributed by atoms with Crippen molar-refractivity contribution in [3.8, 4) is 11.3 Å². The molecule has 0 aliphatic carbocycles. The highest BCUT2D eigenvalue weighted by Crippen LogP contribution is 2.29. The summed E-state index contributed by atoms with van der Waals surface area (Å²) in [6, 6.07) is 9.39. The normalized spacial score (nSPS) is 12.3. The van der Waals surface area contributed by atoms with Gasteiger partial charge in [0, 0.05) is 23.5 Å². The fourth-order valence-corrected chi connectivity index (χ4v) is 2.51. The Labute approximate surface area is 127 Å². The first-order valence-corrected chi connectivity index (χ1v) is 6.96. The molecule has 0 aliphatic heterocycles. The van der Waals surface area contributed by atoms with Crippen LogP contribution in [0, 0.1) is 6.92 Å². The molecule has 2 heterocycles. The maximum Gasteiger partial charge on any atom is 0.405 e. The molecule has 0 saturated carbocycles. The van der Waals surface area contributed by atoms with Crippen molar-refractivity contribution in [1.29, 1.82) is 0 Å². The van der Waals surface area contributed by atoms with E-state index in [2.05, 4.69) is 15.4 Å². The number of hydrogen-bond donors (Lipinski definition) is 2. The maximum atomic E-state index is 11.0. The van der Waals surface area contributed by atoms with E-state index in [1.54, 1.807) is 23.8 Å². The van der Waals surface area contributed by atoms with E-state index in [0.717, 1.165) is 22.4 Å². The van der Waals surface area contributed by atoms with E-state index in [4.69, 9.17) is 5.11 Å². The maximum absolute atomic E-state index is 11.0. The van der Waals surface area contributed by atoms with Crippen molar-refractivity contribution in [3.63, 3.8) is 0 Å². The Balaban J connectivity index is 2.22. The van der Waals surface area contributed by atoms with Gasteiger partial charge in [-0.25, -0.2) is 14.3 Å². The summed E-state index contributed by atoms with van der Waals surface area (Å²) in [7, 11) is 0. The number of carbonyl (C=O) groups is 1. The zero-order valence-electron chi connectivity index (χ0n) is 12.3. The number of nitrogens with zero attached hydrogens (tertiary/aromatic N) is 3. The van der Waals surface area contributed by atoms with Gasteiger partial charge in [-0.1, -0.05) is 24.3 Å². The molecule has 0 bridgehead atoms. The van der Waals surface area contributed by atoms with E-state index in [-0.39, 0.29) is 6.04 Å². The second-order valence-electron chi connectivity index (χ2n) is 5.16. The topological polar surface area (TPSA) is 79.5 Å². The predicted octanol–water partition coefficient (Wildman–Crippen LogP) is 3.03. The number of carboxylic acid groups (broad SMARTS) is 1. The number of amides is 1. The molecular weight excluding hydrogens is 280 g/mol. The Morgan fingerprint density at radius 1 is 1.36 bits per heavy atom. The SMILES string of the molecule is Cc1ccccc1-c1nn2ccnc2cc1C(C)NC(=O)O. The number of imidazole rings is 1. The summed E-state index contributed by atoms with van der Waals surface area (Å²) in [4.78, 5) is 15.2. The number of fused-ring (bicyclic) bond motifs is 1. The number of nitrogens with one attached hydrogen (secondary N) is 1. The van der Waals surface area contributed by atoms with E-state index < -0.39 is 6.09 Å². The molecule has 3 rings (SSSR count). The molecule has 6 nitrogen and oxygen atoms in total. The van der Waals surface area contributed by atoms with Crippen molar-refractivity contribution >= 4 is 11.7 Å². The third kappa shape index (κ3) is 2.50. The first-order valence-electron chi connectivity index (χ1n) is 6.96. The van der Waals surface area contributed by atoms with Crippen LogP contribution in [-0.2, 0) is 0 Å². The number of aryl methyl sites for hydroxylation is 1. The molecular formula is C16H16N4O2. The summed E-state index contributed by atoms with van der Waals surface area (Å²) in [5.74, 6) is 0. The highest BCUT2D eigenvalue weighted by atomic mass is 16.4. The first kappa shape index (κ1) is 14.1. The highest BCUT2D eigenvalue weighted by Gasteiger charge is 2.18. The molecule has 0 aliphatic rings. The molecule has 1 aromatic carbocycles. The van der Waals surface area contributed by atoms with Gasteiger partial charge in [0.15, 0.2) is 5.65 Å². The van der Waals surface area contributed by atoms with Gasteiger partial charge in [-0.2, -0.15) is 5.10 Å². The van der Waals surface area contributed by atoms with Crippen molar-refractivity contribution in [2.45, 2.75) is 19.9 Å². The Bertz CT molecular complexity index is 841. The minimum absolute atomic E-state index is 0.388. The third-order valence-electron chi connectivity index (χ3n) is 3.62. The molecule has 0 fully saturated rings. The van der Waals surface area contributed by atoms with E-state index >= 15 is 0 Å². The van der Waals surface area contributed by atoms with Crippen LogP contribution in [0.1, 0.15) is 24.1 Å². The minimum Gasteiger partial charge on any atom is -0.465 e. The molecule has 2 aromatic heterocycles. The molecule has 0 radical (unpaired) electrons. The van der Waals surface area contributed by atoms with Crippen LogP contribution in [0.3, 0.4) is 0 Å². The average molecular weight is 296 g/mol. The second kappa shape index (κ2) is 5.48. The van der Waals surface area contributed by atoms with Gasteiger partial charge in [0.2, 0.25) is 0 Å². The Morgan fingerprint density at radius 2 is 2.14 bits per heavy atom. The molecule has 2 N–H and O–H groups in total. The highest BCUT2D eigenvalue weighted by molar-refractivity contribution is 5.71. The number of benzene rings is 1. The monoisotopic (exact) mass is 296 g/mol. The molecule has 22 heavy (non-hydrogen) atoms. The van der Waals surface area contributed by atoms with Crippen LogP contribution in [0.5, 0.6) is 0 Å². The lowest BCUT2D eigenvalue weighted by molar-refractivity contribution is 0.191. The minimum atomic E-state index is -1.06. The first-order chi connectivity index (χ1) is 10.6. The van der Waals surface area contributed by atoms with Crippen molar-refractivity contribution in [2.24, 2.45) is 0 Å². The van der Waals surface area contributed by atoms with Crippen LogP contribution in [0.15, 0.2) is 42.7 Å². The lowest BCUT2D eigenvalue weighted by atomic mass is 9.98. The van der Waals surface area contributed by atoms with Gasteiger partial charge in [-0.05, 0) is 25.5 Å². The van der Waals surface area contributed by atoms with Gasteiger partial charge in [0.25, 0.3) is 0 Å². The van der Waals surface area contributed by atoms with Crippen LogP contribution in [0.2, 0.25) is 0 Å². The lowest BCUT2D eigenvalue weighted by Crippen LogP contribution is -2.25. The largest absolute Gasteiger partial charge is 0.465 e. The number of rotatable bonds is 3. The average Bonchev–Trinajstić information content (AvgIpc) is 2.93. The van der Waals surface area contributed by atoms with Gasteiger partial charge >= 0.3 is 6.09 Å². The van der Waals surface area contributed by atoms with Crippen molar-refractivity contribution in [2.75, 3.05) is 0 Å². The van der Waals surface area contributed by atoms with Crippen LogP contribution in [-0.4, -0.2) is 25.8 Å². The van der Waals surface area contributed by atoms with Crippen LogP contribution < -0.4 is 5.32 Å². The van der Waals surface area contributed by atoms with Crippen LogP contribution in [0.4, 0.5) is 4.79 Å². The Hall–Kier alpha value is -2.89. The summed E-state index contributed by atoms with van der Waals surface area (Å²) in [6.07, 6.45) is 2.38. The zero-order valence-corrected chi connectivity index (χ0v) is 12.3. The quantitative estimate of drug-likeness (QED) is 0.778. The zero-order chi connectivity index (χ0) is 15.7. The lowest BCUT2D eigenvalue weighted by Gasteiger charge is -2.17. The van der Waals surface area contributed by atoms with Crippen molar-refractivity contribution < 1.29 is 9.90 Å². The smallest absolute Gasteiger partial charge is 0.405 e. The summed E-state index contributed by atoms with van der Waals surface area (Å²) < 4.78 is 1.69. The summed E-state index contributed by atoms with van der Waals surface area (Å²) in [5.41, 5.74) is 4.30. The summed E-state index contributed by atoms with van der Waals surface area (Å²) in [5, 5.41) is 16.1. The number of aromatic nitrogens is 3. The Morgan fingerprint density at radius 3 is 2.86 bits per heavy atom. The molecule has 6 heteroatoms. The standard InChI is InChI=1S/C16H16N4O2/c1-10-5-3-4-6-12(10)15-13(11(2)18-16(21)22)9-14-17-7-8-20(14)19-15/h3-9,11,18H,1-2H3,(H,21,22). The fraction of sp³-hybridized carbons (Fsp3) is 0.188. The fourth-order valence-electron chi connectivity index (χ4n) is 2.51. The number of hydrogen-bond acceptors (Lipinski definition) is 3. The molecule has 112 valence electrons. The predicted molar refractivity (Wildman–Crippen MR) is 82.7 cm³/mol. The summed E-state index contributed by atoms with van der Waals surface area (Å²) >= 11 is 0. The van der Waals surface area contributed by atoms with Crippen LogP contribution >= 0.6 is 0 Å². The van der Waals surface area contributed by atoms with Gasteiger partial charge in [0.05, 0.1) is 11.7 Å². The van der Waals surface area contributed by atoms with E-state index in [0.29, 0.717) is 5.65 Å². The van der Waals surface area contributed by atoms with E-state index in [9.17, 15) is 4.79 Å². The van der Waals surface area contributed by atoms with Gasteiger partial charge in [0.1, 0.15) is 0 Å². The second-order valence-corrected chi connectivity index (χ2v) is 5.16. The van der Waals surface area contributed by atoms with Gasteiger partial charge in [-0.15, -0.1) is 0 Å². The van der Waals surface area contributed by atoms with Gasteiger partial charge < -0.3 is 10.4 Å². The van der Waals surface area contributed by atoms with E-state index in [1.165, 1.54) is 0 Å². The summed E-state index contributed by atoms with van der Waals surface area (Å²) in [6.45, 7) is 3.81. The van der Waals surface area contributed by atoms with E-state index in [1.807, 2.05) is 37.3 Å². The molecule has 1 unspecified atom stereocenters. The molecule has 1 atom stereocenters. The van der Waals surface area contributed by atoms with Crippen molar-refractivity contribution in [1.82, 2.24) is 19.9 Å². The third-order valence-corrected chi connectivity index (χ3v) is 3.62. The van der Waals surface area contributed by atoms with Gasteiger partial charge in [-0.3, -0.25) is 0 Å². The molecule has 3 aromatic rings. The molecule has 0 saturated heterocycles. The van der Waals surface area contributed by atoms with Crippen molar-refractivity contribution in [3.05, 3.63) is 53.9 Å². The Kier molecular flexibility index (Phi) is 3.50.